The number of aromatic nitrogens is 1. The molecule has 0 amide bonds. The van der Waals surface area contributed by atoms with Gasteiger partial charge in [-0.3, -0.25) is 0 Å². The summed E-state index contributed by atoms with van der Waals surface area (Å²) in [5.41, 5.74) is 0.707. The van der Waals surface area contributed by atoms with E-state index >= 15 is 0 Å². The van der Waals surface area contributed by atoms with Gasteiger partial charge in [-0.1, -0.05) is 17.7 Å². The molecule has 2 nitrogen and oxygen atoms in total. The van der Waals surface area contributed by atoms with Crippen molar-refractivity contribution in [2.24, 2.45) is 7.05 Å². The second kappa shape index (κ2) is 4.69. The molecule has 0 aromatic carbocycles. The third kappa shape index (κ3) is 3.18. The number of aryl methyl sites for hydroxylation is 1. The van der Waals surface area contributed by atoms with Crippen LogP contribution in [0.5, 0.6) is 0 Å². The fourth-order valence-corrected chi connectivity index (χ4v) is 0.674. The fourth-order valence-electron chi connectivity index (χ4n) is 0.674. The molecule has 1 rings (SSSR count). The van der Waals surface area contributed by atoms with Gasteiger partial charge in [0.05, 0.1) is 6.20 Å². The molecule has 11 heavy (non-hydrogen) atoms. The second-order valence-corrected chi connectivity index (χ2v) is 2.21. The van der Waals surface area contributed by atoms with Gasteiger partial charge in [0.25, 0.3) is 0 Å². The molecule has 0 saturated heterocycles. The number of rotatable bonds is 1. The standard InChI is InChI=1S/C8H9NO.U/c1-7(10)8-3-5-9(2)6-4-8;/h3-5H,1-2H3;. The van der Waals surface area contributed by atoms with Crippen molar-refractivity contribution in [2.75, 3.05) is 0 Å². The molecule has 0 aliphatic rings. The third-order valence-electron chi connectivity index (χ3n) is 1.31. The van der Waals surface area contributed by atoms with Crippen LogP contribution in [-0.2, 0) is 7.05 Å². The third-order valence-corrected chi connectivity index (χ3v) is 1.31. The molecule has 0 bridgehead atoms. The largest absolute Gasteiger partial charge is 0.313 e. The van der Waals surface area contributed by atoms with Crippen LogP contribution in [0.2, 0.25) is 0 Å². The van der Waals surface area contributed by atoms with Gasteiger partial charge in [0.15, 0.2) is 0 Å². The van der Waals surface area contributed by atoms with E-state index in [9.17, 15) is 4.79 Å². The predicted octanol–water partition coefficient (Wildman–Crippen LogP) is 0.514. The van der Waals surface area contributed by atoms with Crippen molar-refractivity contribution >= 4 is 5.78 Å². The Kier molecular flexibility index (Phi) is 4.64. The summed E-state index contributed by atoms with van der Waals surface area (Å²) < 4.78 is 1.77. The minimum absolute atomic E-state index is 0. The summed E-state index contributed by atoms with van der Waals surface area (Å²) in [6.07, 6.45) is 4.68. The Bertz CT molecular complexity index is 243. The number of hydrogen-bond donors (Lipinski definition) is 0. The van der Waals surface area contributed by atoms with Crippen molar-refractivity contribution in [1.29, 1.82) is 0 Å². The van der Waals surface area contributed by atoms with Gasteiger partial charge in [0, 0.05) is 31.1 Å². The van der Waals surface area contributed by atoms with E-state index in [-0.39, 0.29) is 36.9 Å². The molecule has 0 atom stereocenters. The fraction of sp³-hybridized carbons (Fsp3) is 0.250. The van der Waals surface area contributed by atoms with Gasteiger partial charge >= 0.3 is 0 Å². The molecule has 0 aliphatic carbocycles. The Labute approximate surface area is 90.0 Å². The van der Waals surface area contributed by atoms with Crippen LogP contribution in [0.15, 0.2) is 18.3 Å². The first-order valence-corrected chi connectivity index (χ1v) is 3.08. The summed E-state index contributed by atoms with van der Waals surface area (Å²) in [6.45, 7) is 1.54. The Balaban J connectivity index is 0.000001000. The normalized spacial score (nSPS) is 8.55. The van der Waals surface area contributed by atoms with Crippen molar-refractivity contribution in [3.63, 3.8) is 0 Å². The molecule has 1 heterocycles. The van der Waals surface area contributed by atoms with Crippen LogP contribution in [0, 0.1) is 37.3 Å². The first-order chi connectivity index (χ1) is 4.70. The predicted molar refractivity (Wildman–Crippen MR) is 36.5 cm³/mol. The number of hydrogen-bond acceptors (Lipinski definition) is 1. The number of carbonyl (C=O) groups is 1. The van der Waals surface area contributed by atoms with Gasteiger partial charge < -0.3 is 9.36 Å². The van der Waals surface area contributed by atoms with E-state index in [1.165, 1.54) is 0 Å². The number of carbonyl (C=O) groups excluding carboxylic acids is 1. The summed E-state index contributed by atoms with van der Waals surface area (Å²) in [6, 6.07) is 3.46. The zero-order chi connectivity index (χ0) is 7.56. The Morgan fingerprint density at radius 2 is 2.27 bits per heavy atom. The zero-order valence-electron chi connectivity index (χ0n) is 6.59. The molecule has 0 unspecified atom stereocenters. The number of nitrogens with zero attached hydrogens (tertiary/aromatic N) is 1. The van der Waals surface area contributed by atoms with E-state index in [1.807, 2.05) is 7.05 Å². The molecular weight excluding hydrogens is 364 g/mol. The summed E-state index contributed by atoms with van der Waals surface area (Å²) in [5, 5.41) is 0. The Hall–Kier alpha value is -0.128. The van der Waals surface area contributed by atoms with Gasteiger partial charge in [-0.2, -0.15) is 0 Å². The monoisotopic (exact) mass is 373 g/mol. The van der Waals surface area contributed by atoms with Gasteiger partial charge in [0.2, 0.25) is 0 Å². The molecule has 0 fully saturated rings. The van der Waals surface area contributed by atoms with Gasteiger partial charge in [0.1, 0.15) is 19.0 Å². The van der Waals surface area contributed by atoms with Gasteiger partial charge in [-0.15, -0.1) is 0 Å². The van der Waals surface area contributed by atoms with E-state index in [0.29, 0.717) is 5.56 Å². The summed E-state index contributed by atoms with van der Waals surface area (Å²) >= 11 is 0. The van der Waals surface area contributed by atoms with E-state index in [0.717, 1.165) is 0 Å². The summed E-state index contributed by atoms with van der Waals surface area (Å²) in [5.74, 6) is 0.0804. The van der Waals surface area contributed by atoms with Crippen molar-refractivity contribution in [1.82, 2.24) is 0 Å². The molecule has 0 radical (unpaired) electrons. The molecule has 56 valence electrons. The number of pyridine rings is 1. The molecule has 1 aromatic rings. The van der Waals surface area contributed by atoms with Crippen molar-refractivity contribution in [2.45, 2.75) is 6.92 Å². The first kappa shape index (κ1) is 10.9. The summed E-state index contributed by atoms with van der Waals surface area (Å²) in [7, 11) is 1.86. The van der Waals surface area contributed by atoms with E-state index < -0.39 is 0 Å². The van der Waals surface area contributed by atoms with Crippen LogP contribution >= 0.6 is 0 Å². The van der Waals surface area contributed by atoms with E-state index in [2.05, 4.69) is 6.20 Å². The average Bonchev–Trinajstić information content (AvgIpc) is 1.88. The molecule has 0 N–H and O–H groups in total. The maximum Gasteiger partial charge on any atom is 0.115 e. The van der Waals surface area contributed by atoms with E-state index in [1.54, 1.807) is 29.8 Å². The molecular formula is C8H9NOU. The summed E-state index contributed by atoms with van der Waals surface area (Å²) in [4.78, 5) is 10.7. The molecule has 0 saturated carbocycles. The Morgan fingerprint density at radius 3 is 2.64 bits per heavy atom. The molecule has 0 spiro atoms. The SMILES string of the molecule is CC(=O)c1c[c-][n+](C)cc1.[U]. The molecule has 1 aromatic heterocycles. The molecule has 0 aliphatic heterocycles. The van der Waals surface area contributed by atoms with Crippen LogP contribution in [0.3, 0.4) is 0 Å². The quantitative estimate of drug-likeness (QED) is 0.400. The Morgan fingerprint density at radius 1 is 1.64 bits per heavy atom. The number of ketones is 1. The van der Waals surface area contributed by atoms with Gasteiger partial charge in [-0.25, -0.2) is 0 Å². The first-order valence-electron chi connectivity index (χ1n) is 3.08. The van der Waals surface area contributed by atoms with Crippen LogP contribution in [0.4, 0.5) is 0 Å². The van der Waals surface area contributed by atoms with Crippen molar-refractivity contribution in [3.8, 4) is 0 Å². The maximum absolute atomic E-state index is 10.7. The minimum atomic E-state index is 0. The second-order valence-electron chi connectivity index (χ2n) is 2.21. The zero-order valence-corrected chi connectivity index (χ0v) is 10.8. The average molecular weight is 373 g/mol. The molecule has 3 heteroatoms. The minimum Gasteiger partial charge on any atom is -0.313 e. The number of Topliss-reactive ketones (excluding diaryl/α,β-unsaturated/α-hetero) is 1. The van der Waals surface area contributed by atoms with Crippen molar-refractivity contribution in [3.05, 3.63) is 30.1 Å². The van der Waals surface area contributed by atoms with Crippen molar-refractivity contribution < 1.29 is 40.5 Å². The van der Waals surface area contributed by atoms with Gasteiger partial charge in [-0.05, 0) is 6.92 Å². The van der Waals surface area contributed by atoms with E-state index in [4.69, 9.17) is 0 Å². The van der Waals surface area contributed by atoms with Crippen LogP contribution in [0.25, 0.3) is 0 Å². The topological polar surface area (TPSA) is 20.9 Å². The van der Waals surface area contributed by atoms with Crippen LogP contribution in [-0.4, -0.2) is 5.78 Å². The van der Waals surface area contributed by atoms with Crippen LogP contribution in [0.1, 0.15) is 17.3 Å². The van der Waals surface area contributed by atoms with Crippen LogP contribution < -0.4 is 4.57 Å². The maximum atomic E-state index is 10.7. The smallest absolute Gasteiger partial charge is 0.115 e.